The van der Waals surface area contributed by atoms with Gasteiger partial charge in [-0.1, -0.05) is 11.6 Å². The third-order valence-electron chi connectivity index (χ3n) is 2.80. The van der Waals surface area contributed by atoms with Crippen molar-refractivity contribution in [1.82, 2.24) is 4.98 Å². The number of aromatic nitrogens is 1. The van der Waals surface area contributed by atoms with E-state index in [1.54, 1.807) is 0 Å². The van der Waals surface area contributed by atoms with E-state index in [0.717, 1.165) is 28.7 Å². The SMILES string of the molecule is Cc1ccc2c(n1)N(C)c1ccc(Cl)cc1O2. The van der Waals surface area contributed by atoms with Crippen LogP contribution in [0.2, 0.25) is 5.02 Å². The lowest BCUT2D eigenvalue weighted by Gasteiger charge is -2.28. The minimum atomic E-state index is 0.667. The average Bonchev–Trinajstić information content (AvgIpc) is 2.30. The molecule has 0 saturated heterocycles. The van der Waals surface area contributed by atoms with Gasteiger partial charge in [0.1, 0.15) is 0 Å². The molecule has 1 aromatic carbocycles. The molecule has 1 aliphatic rings. The molecular formula is C13H11ClN2O. The van der Waals surface area contributed by atoms with Gasteiger partial charge in [-0.15, -0.1) is 0 Å². The van der Waals surface area contributed by atoms with Gasteiger partial charge in [0.25, 0.3) is 0 Å². The molecule has 0 radical (unpaired) electrons. The topological polar surface area (TPSA) is 25.4 Å². The molecule has 3 nitrogen and oxygen atoms in total. The second-order valence-electron chi connectivity index (χ2n) is 4.05. The van der Waals surface area contributed by atoms with Crippen molar-refractivity contribution in [3.8, 4) is 11.5 Å². The number of fused-ring (bicyclic) bond motifs is 2. The van der Waals surface area contributed by atoms with Crippen LogP contribution in [0.4, 0.5) is 11.5 Å². The number of hydrogen-bond acceptors (Lipinski definition) is 3. The lowest BCUT2D eigenvalue weighted by atomic mass is 10.2. The van der Waals surface area contributed by atoms with Crippen LogP contribution in [-0.4, -0.2) is 12.0 Å². The maximum Gasteiger partial charge on any atom is 0.176 e. The minimum absolute atomic E-state index is 0.667. The molecule has 0 bridgehead atoms. The van der Waals surface area contributed by atoms with Crippen LogP contribution in [0.1, 0.15) is 5.69 Å². The molecule has 2 aromatic rings. The van der Waals surface area contributed by atoms with Gasteiger partial charge in [-0.05, 0) is 31.2 Å². The molecule has 2 heterocycles. The lowest BCUT2D eigenvalue weighted by molar-refractivity contribution is 0.472. The third-order valence-corrected chi connectivity index (χ3v) is 3.03. The summed E-state index contributed by atoms with van der Waals surface area (Å²) in [4.78, 5) is 6.50. The highest BCUT2D eigenvalue weighted by Crippen LogP contribution is 2.45. The molecule has 0 amide bonds. The summed E-state index contributed by atoms with van der Waals surface area (Å²) < 4.78 is 5.80. The fourth-order valence-electron chi connectivity index (χ4n) is 1.93. The van der Waals surface area contributed by atoms with Gasteiger partial charge in [0.05, 0.1) is 5.69 Å². The van der Waals surface area contributed by atoms with Gasteiger partial charge in [0.15, 0.2) is 17.3 Å². The Labute approximate surface area is 105 Å². The highest BCUT2D eigenvalue weighted by Gasteiger charge is 2.22. The summed E-state index contributed by atoms with van der Waals surface area (Å²) in [6, 6.07) is 9.46. The fourth-order valence-corrected chi connectivity index (χ4v) is 2.09. The lowest BCUT2D eigenvalue weighted by Crippen LogP contribution is -2.17. The van der Waals surface area contributed by atoms with Crippen molar-refractivity contribution in [1.29, 1.82) is 0 Å². The predicted octanol–water partition coefficient (Wildman–Crippen LogP) is 3.92. The van der Waals surface area contributed by atoms with E-state index in [1.165, 1.54) is 0 Å². The number of aryl methyl sites for hydroxylation is 1. The molecule has 0 N–H and O–H groups in total. The van der Waals surface area contributed by atoms with Gasteiger partial charge in [0.2, 0.25) is 0 Å². The first-order chi connectivity index (χ1) is 8.15. The van der Waals surface area contributed by atoms with Crippen molar-refractivity contribution in [2.75, 3.05) is 11.9 Å². The van der Waals surface area contributed by atoms with Gasteiger partial charge in [-0.2, -0.15) is 0 Å². The van der Waals surface area contributed by atoms with E-state index in [0.29, 0.717) is 5.02 Å². The zero-order valence-electron chi connectivity index (χ0n) is 9.57. The number of anilines is 2. The van der Waals surface area contributed by atoms with Crippen LogP contribution in [0, 0.1) is 6.92 Å². The zero-order valence-corrected chi connectivity index (χ0v) is 10.3. The maximum absolute atomic E-state index is 5.96. The second kappa shape index (κ2) is 3.64. The van der Waals surface area contributed by atoms with Crippen LogP contribution in [-0.2, 0) is 0 Å². The molecule has 17 heavy (non-hydrogen) atoms. The Morgan fingerprint density at radius 3 is 2.82 bits per heavy atom. The molecule has 0 fully saturated rings. The maximum atomic E-state index is 5.96. The number of ether oxygens (including phenoxy) is 1. The minimum Gasteiger partial charge on any atom is -0.451 e. The number of benzene rings is 1. The molecule has 1 aliphatic heterocycles. The standard InChI is InChI=1S/C13H11ClN2O/c1-8-3-6-11-13(15-8)16(2)10-5-4-9(14)7-12(10)17-11/h3-7H,1-2H3. The van der Waals surface area contributed by atoms with E-state index in [1.807, 2.05) is 49.2 Å². The summed E-state index contributed by atoms with van der Waals surface area (Å²) in [5.41, 5.74) is 1.94. The van der Waals surface area contributed by atoms with Crippen molar-refractivity contribution in [2.45, 2.75) is 6.92 Å². The van der Waals surface area contributed by atoms with E-state index in [2.05, 4.69) is 4.98 Å². The van der Waals surface area contributed by atoms with Crippen LogP contribution in [0.15, 0.2) is 30.3 Å². The summed E-state index contributed by atoms with van der Waals surface area (Å²) >= 11 is 5.96. The van der Waals surface area contributed by atoms with E-state index >= 15 is 0 Å². The highest BCUT2D eigenvalue weighted by atomic mass is 35.5. The first-order valence-corrected chi connectivity index (χ1v) is 5.72. The van der Waals surface area contributed by atoms with Gasteiger partial charge in [0, 0.05) is 23.8 Å². The van der Waals surface area contributed by atoms with Crippen LogP contribution >= 0.6 is 11.6 Å². The Hall–Kier alpha value is -1.74. The van der Waals surface area contributed by atoms with E-state index in [4.69, 9.17) is 16.3 Å². The fraction of sp³-hybridized carbons (Fsp3) is 0.154. The highest BCUT2D eigenvalue weighted by molar-refractivity contribution is 6.30. The Morgan fingerprint density at radius 2 is 2.00 bits per heavy atom. The summed E-state index contributed by atoms with van der Waals surface area (Å²) in [6.07, 6.45) is 0. The summed E-state index contributed by atoms with van der Waals surface area (Å²) in [6.45, 7) is 1.96. The quantitative estimate of drug-likeness (QED) is 0.705. The van der Waals surface area contributed by atoms with Gasteiger partial charge >= 0.3 is 0 Å². The van der Waals surface area contributed by atoms with Crippen molar-refractivity contribution < 1.29 is 4.74 Å². The van der Waals surface area contributed by atoms with E-state index < -0.39 is 0 Å². The first-order valence-electron chi connectivity index (χ1n) is 5.34. The predicted molar refractivity (Wildman–Crippen MR) is 68.6 cm³/mol. The van der Waals surface area contributed by atoms with Crippen molar-refractivity contribution >= 4 is 23.1 Å². The van der Waals surface area contributed by atoms with Crippen LogP contribution in [0.5, 0.6) is 11.5 Å². The number of rotatable bonds is 0. The Morgan fingerprint density at radius 1 is 1.18 bits per heavy atom. The molecule has 4 heteroatoms. The molecule has 0 spiro atoms. The molecule has 0 atom stereocenters. The summed E-state index contributed by atoms with van der Waals surface area (Å²) in [5.74, 6) is 2.35. The van der Waals surface area contributed by atoms with Crippen LogP contribution in [0.25, 0.3) is 0 Å². The molecule has 0 aliphatic carbocycles. The Balaban J connectivity index is 2.17. The average molecular weight is 247 g/mol. The second-order valence-corrected chi connectivity index (χ2v) is 4.48. The molecule has 3 rings (SSSR count). The molecule has 0 unspecified atom stereocenters. The number of halogens is 1. The van der Waals surface area contributed by atoms with E-state index in [-0.39, 0.29) is 0 Å². The van der Waals surface area contributed by atoms with Gasteiger partial charge in [-0.3, -0.25) is 0 Å². The van der Waals surface area contributed by atoms with Gasteiger partial charge < -0.3 is 9.64 Å². The summed E-state index contributed by atoms with van der Waals surface area (Å²) in [7, 11) is 1.97. The number of nitrogens with zero attached hydrogens (tertiary/aromatic N) is 2. The van der Waals surface area contributed by atoms with Crippen LogP contribution < -0.4 is 9.64 Å². The molecular weight excluding hydrogens is 236 g/mol. The normalized spacial score (nSPS) is 12.8. The monoisotopic (exact) mass is 246 g/mol. The Kier molecular flexibility index (Phi) is 2.23. The van der Waals surface area contributed by atoms with Crippen molar-refractivity contribution in [3.63, 3.8) is 0 Å². The third kappa shape index (κ3) is 1.63. The molecule has 86 valence electrons. The van der Waals surface area contributed by atoms with Crippen molar-refractivity contribution in [3.05, 3.63) is 41.0 Å². The summed E-state index contributed by atoms with van der Waals surface area (Å²) in [5, 5.41) is 0.667. The smallest absolute Gasteiger partial charge is 0.176 e. The number of hydrogen-bond donors (Lipinski definition) is 0. The Bertz CT molecular complexity index is 598. The molecule has 1 aromatic heterocycles. The largest absolute Gasteiger partial charge is 0.451 e. The number of pyridine rings is 1. The first kappa shape index (κ1) is 10.4. The van der Waals surface area contributed by atoms with Crippen molar-refractivity contribution in [2.24, 2.45) is 0 Å². The molecule has 0 saturated carbocycles. The van der Waals surface area contributed by atoms with E-state index in [9.17, 15) is 0 Å². The van der Waals surface area contributed by atoms with Gasteiger partial charge in [-0.25, -0.2) is 4.98 Å². The van der Waals surface area contributed by atoms with Crippen LogP contribution in [0.3, 0.4) is 0 Å². The zero-order chi connectivity index (χ0) is 12.0.